The van der Waals surface area contributed by atoms with Crippen molar-refractivity contribution < 1.29 is 23.9 Å². The summed E-state index contributed by atoms with van der Waals surface area (Å²) in [5, 5.41) is 18.3. The van der Waals surface area contributed by atoms with Gasteiger partial charge in [0.25, 0.3) is 0 Å². The summed E-state index contributed by atoms with van der Waals surface area (Å²) >= 11 is 5.97. The van der Waals surface area contributed by atoms with Crippen molar-refractivity contribution in [2.45, 2.75) is 0 Å². The molecule has 0 bridgehead atoms. The van der Waals surface area contributed by atoms with E-state index < -0.39 is 11.6 Å². The Morgan fingerprint density at radius 2 is 1.96 bits per heavy atom. The Hall–Kier alpha value is -3.02. The van der Waals surface area contributed by atoms with Gasteiger partial charge in [-0.25, -0.2) is 4.39 Å². The molecule has 134 valence electrons. The van der Waals surface area contributed by atoms with Gasteiger partial charge in [-0.05, 0) is 23.8 Å². The number of hydrogen-bond acceptors (Lipinski definition) is 6. The highest BCUT2D eigenvalue weighted by molar-refractivity contribution is 6.44. The number of rotatable bonds is 5. The van der Waals surface area contributed by atoms with E-state index in [1.807, 2.05) is 0 Å². The van der Waals surface area contributed by atoms with E-state index >= 15 is 0 Å². The Labute approximate surface area is 149 Å². The normalized spacial score (nSPS) is 10.1. The fourth-order valence-electron chi connectivity index (χ4n) is 1.41. The molecule has 0 aromatic heterocycles. The summed E-state index contributed by atoms with van der Waals surface area (Å²) in [6, 6.07) is 5.52. The van der Waals surface area contributed by atoms with E-state index in [0.29, 0.717) is 5.56 Å². The first-order chi connectivity index (χ1) is 11.9. The number of primary amides is 1. The van der Waals surface area contributed by atoms with Gasteiger partial charge in [0.1, 0.15) is 11.9 Å². The predicted molar refractivity (Wildman–Crippen MR) is 91.6 cm³/mol. The van der Waals surface area contributed by atoms with Crippen molar-refractivity contribution >= 4 is 36.2 Å². The van der Waals surface area contributed by atoms with Crippen molar-refractivity contribution in [2.24, 2.45) is 5.73 Å². The number of amides is 1. The largest absolute Gasteiger partial charge is 0.400 e. The molecular formula is C16H17ClFN3O4. The van der Waals surface area contributed by atoms with Crippen LogP contribution in [0.3, 0.4) is 0 Å². The zero-order chi connectivity index (χ0) is 19.8. The molecule has 1 aromatic rings. The smallest absolute Gasteiger partial charge is 0.228 e. The van der Waals surface area contributed by atoms with Gasteiger partial charge in [0.05, 0.1) is 16.2 Å². The topological polar surface area (TPSA) is 133 Å². The van der Waals surface area contributed by atoms with Gasteiger partial charge in [0, 0.05) is 20.4 Å². The molecule has 0 spiro atoms. The second kappa shape index (κ2) is 14.6. The minimum Gasteiger partial charge on any atom is -0.400 e. The molecular weight excluding hydrogens is 353 g/mol. The lowest BCUT2D eigenvalue weighted by Crippen LogP contribution is -2.08. The minimum atomic E-state index is -0.789. The Bertz CT molecular complexity index is 697. The number of ketones is 1. The van der Waals surface area contributed by atoms with Crippen LogP contribution in [0.2, 0.25) is 0 Å². The lowest BCUT2D eigenvalue weighted by Gasteiger charge is -2.02. The van der Waals surface area contributed by atoms with Crippen LogP contribution in [0.1, 0.15) is 11.1 Å². The Balaban J connectivity index is 0. The molecule has 25 heavy (non-hydrogen) atoms. The number of nitrogens with two attached hydrogens (primary N) is 1. The van der Waals surface area contributed by atoms with Gasteiger partial charge >= 0.3 is 0 Å². The third kappa shape index (κ3) is 9.00. The fraction of sp³-hybridized carbons (Fsp3) is 0.125. The zero-order valence-electron chi connectivity index (χ0n) is 13.5. The SMILES string of the molecule is CN/C=C(C(=O)C=O)\C(Cl)=C\c1ccc(F)c(C#N)c1.CO.NC=O. The number of aliphatic hydroxyl groups excluding tert-OH is 1. The van der Waals surface area contributed by atoms with Gasteiger partial charge in [0.2, 0.25) is 12.2 Å². The molecule has 1 amide bonds. The number of hydrogen-bond donors (Lipinski definition) is 3. The number of Topliss-reactive ketones (excluding diaryl/α,β-unsaturated/α-hetero) is 1. The number of halogens is 2. The maximum atomic E-state index is 13.2. The molecule has 0 radical (unpaired) electrons. The maximum absolute atomic E-state index is 13.2. The summed E-state index contributed by atoms with van der Waals surface area (Å²) in [6.07, 6.45) is 3.04. The van der Waals surface area contributed by atoms with E-state index in [2.05, 4.69) is 11.1 Å². The monoisotopic (exact) mass is 369 g/mol. The van der Waals surface area contributed by atoms with Gasteiger partial charge < -0.3 is 16.2 Å². The summed E-state index contributed by atoms with van der Waals surface area (Å²) < 4.78 is 13.2. The molecule has 0 aliphatic carbocycles. The highest BCUT2D eigenvalue weighted by Gasteiger charge is 2.12. The molecule has 0 atom stereocenters. The van der Waals surface area contributed by atoms with Crippen LogP contribution < -0.4 is 11.1 Å². The van der Waals surface area contributed by atoms with E-state index in [-0.39, 0.29) is 28.9 Å². The van der Waals surface area contributed by atoms with E-state index in [1.165, 1.54) is 24.4 Å². The minimum absolute atomic E-state index is 0.00643. The standard InChI is InChI=1S/C14H10ClFN2O2.CH3NO.CH4O/c1-18-7-11(14(20)8-19)12(15)5-9-2-3-13(16)10(4-9)6-17;2-1-3;1-2/h2-5,7-8,18H,1H3;1H,(H2,2,3);2H,1H3/b11-7+,12-5-;;. The number of carbonyl (C=O) groups excluding carboxylic acids is 3. The van der Waals surface area contributed by atoms with Crippen LogP contribution >= 0.6 is 11.6 Å². The number of allylic oxidation sites excluding steroid dienone is 2. The third-order valence-electron chi connectivity index (χ3n) is 2.32. The van der Waals surface area contributed by atoms with Gasteiger partial charge in [-0.3, -0.25) is 14.4 Å². The number of nitrogens with one attached hydrogen (secondary N) is 1. The van der Waals surface area contributed by atoms with Gasteiger partial charge in [0.15, 0.2) is 6.29 Å². The highest BCUT2D eigenvalue weighted by Crippen LogP contribution is 2.20. The first-order valence-electron chi connectivity index (χ1n) is 6.49. The molecule has 7 nitrogen and oxygen atoms in total. The molecule has 1 aromatic carbocycles. The summed E-state index contributed by atoms with van der Waals surface area (Å²) in [5.74, 6) is -1.43. The lowest BCUT2D eigenvalue weighted by molar-refractivity contribution is -0.127. The number of benzene rings is 1. The van der Waals surface area contributed by atoms with Crippen LogP contribution in [0.4, 0.5) is 4.39 Å². The Morgan fingerprint density at radius 1 is 1.40 bits per heavy atom. The molecule has 0 unspecified atom stereocenters. The first-order valence-corrected chi connectivity index (χ1v) is 6.87. The van der Waals surface area contributed by atoms with Crippen LogP contribution in [0.5, 0.6) is 0 Å². The van der Waals surface area contributed by atoms with E-state index in [4.69, 9.17) is 26.8 Å². The van der Waals surface area contributed by atoms with Gasteiger partial charge in [-0.15, -0.1) is 0 Å². The van der Waals surface area contributed by atoms with Crippen molar-refractivity contribution in [1.29, 1.82) is 5.26 Å². The van der Waals surface area contributed by atoms with E-state index in [9.17, 15) is 14.0 Å². The van der Waals surface area contributed by atoms with Crippen LogP contribution in [-0.4, -0.2) is 37.7 Å². The maximum Gasteiger partial charge on any atom is 0.228 e. The molecule has 0 saturated carbocycles. The molecule has 0 aliphatic heterocycles. The highest BCUT2D eigenvalue weighted by atomic mass is 35.5. The van der Waals surface area contributed by atoms with Crippen molar-refractivity contribution in [1.82, 2.24) is 5.32 Å². The number of nitrogens with zero attached hydrogens (tertiary/aromatic N) is 1. The van der Waals surface area contributed by atoms with Crippen molar-refractivity contribution in [3.8, 4) is 6.07 Å². The Kier molecular flexibility index (Phi) is 14.1. The average Bonchev–Trinajstić information content (AvgIpc) is 2.62. The summed E-state index contributed by atoms with van der Waals surface area (Å²) in [5.41, 5.74) is 4.45. The number of carbonyl (C=O) groups is 3. The molecule has 0 fully saturated rings. The second-order valence-corrected chi connectivity index (χ2v) is 4.22. The summed E-state index contributed by atoms with van der Waals surface area (Å²) in [4.78, 5) is 30.5. The van der Waals surface area contributed by atoms with Crippen LogP contribution in [0.15, 0.2) is 35.0 Å². The van der Waals surface area contributed by atoms with Crippen LogP contribution in [0, 0.1) is 17.1 Å². The molecule has 0 saturated heterocycles. The van der Waals surface area contributed by atoms with Crippen molar-refractivity contribution in [2.75, 3.05) is 14.2 Å². The third-order valence-corrected chi connectivity index (χ3v) is 2.64. The van der Waals surface area contributed by atoms with E-state index in [1.54, 1.807) is 13.1 Å². The van der Waals surface area contributed by atoms with E-state index in [0.717, 1.165) is 13.2 Å². The fourth-order valence-corrected chi connectivity index (χ4v) is 1.68. The summed E-state index contributed by atoms with van der Waals surface area (Å²) in [7, 11) is 2.55. The lowest BCUT2D eigenvalue weighted by atomic mass is 10.1. The summed E-state index contributed by atoms with van der Waals surface area (Å²) in [6.45, 7) is 0. The van der Waals surface area contributed by atoms with Gasteiger partial charge in [-0.2, -0.15) is 5.26 Å². The predicted octanol–water partition coefficient (Wildman–Crippen LogP) is 0.858. The molecule has 0 heterocycles. The number of nitriles is 1. The number of aliphatic hydroxyl groups is 1. The second-order valence-electron chi connectivity index (χ2n) is 3.81. The number of aldehydes is 1. The Morgan fingerprint density at radius 3 is 2.40 bits per heavy atom. The average molecular weight is 370 g/mol. The van der Waals surface area contributed by atoms with Crippen molar-refractivity contribution in [3.63, 3.8) is 0 Å². The van der Waals surface area contributed by atoms with Crippen molar-refractivity contribution in [3.05, 3.63) is 51.9 Å². The molecule has 4 N–H and O–H groups in total. The van der Waals surface area contributed by atoms with Crippen LogP contribution in [0.25, 0.3) is 6.08 Å². The van der Waals surface area contributed by atoms with Crippen LogP contribution in [-0.2, 0) is 14.4 Å². The zero-order valence-corrected chi connectivity index (χ0v) is 14.2. The quantitative estimate of drug-likeness (QED) is 0.305. The molecule has 0 aliphatic rings. The molecule has 1 rings (SSSR count). The first kappa shape index (κ1) is 24.2. The van der Waals surface area contributed by atoms with Gasteiger partial charge in [-0.1, -0.05) is 17.7 Å². The molecule has 9 heteroatoms.